The fourth-order valence-electron chi connectivity index (χ4n) is 9.95. The number of fused-ring (bicyclic) bond motifs is 5. The van der Waals surface area contributed by atoms with Gasteiger partial charge in [-0.05, 0) is 117 Å². The number of hydrogen-bond donors (Lipinski definition) is 1. The van der Waals surface area contributed by atoms with Crippen molar-refractivity contribution in [2.45, 2.75) is 123 Å². The minimum atomic E-state index is -0.141. The number of ether oxygens (including phenoxy) is 3. The van der Waals surface area contributed by atoms with Crippen molar-refractivity contribution >= 4 is 0 Å². The molecule has 0 radical (unpaired) electrons. The number of aliphatic hydroxyl groups excluding tert-OH is 1. The smallest absolute Gasteiger partial charge is 0.157 e. The molecule has 2 saturated heterocycles. The van der Waals surface area contributed by atoms with Crippen molar-refractivity contribution in [1.82, 2.24) is 0 Å². The monoisotopic (exact) mass is 446 g/mol. The van der Waals surface area contributed by atoms with Crippen molar-refractivity contribution in [3.8, 4) is 0 Å². The molecule has 4 saturated carbocycles. The maximum atomic E-state index is 11.2. The van der Waals surface area contributed by atoms with Crippen LogP contribution >= 0.6 is 0 Å². The van der Waals surface area contributed by atoms with Gasteiger partial charge in [0.25, 0.3) is 0 Å². The first kappa shape index (κ1) is 22.3. The third-order valence-electron chi connectivity index (χ3n) is 11.9. The molecule has 2 heterocycles. The van der Waals surface area contributed by atoms with E-state index >= 15 is 0 Å². The van der Waals surface area contributed by atoms with Crippen LogP contribution in [0.2, 0.25) is 0 Å². The summed E-state index contributed by atoms with van der Waals surface area (Å²) in [4.78, 5) is 0. The molecule has 13 atom stereocenters. The Bertz CT molecular complexity index is 706. The summed E-state index contributed by atoms with van der Waals surface area (Å²) < 4.78 is 18.5. The summed E-state index contributed by atoms with van der Waals surface area (Å²) in [6.45, 7) is 10.7. The minimum absolute atomic E-state index is 0.0401. The molecule has 3 unspecified atom stereocenters. The summed E-state index contributed by atoms with van der Waals surface area (Å²) in [5.41, 5.74) is 0.508. The summed E-state index contributed by atoms with van der Waals surface area (Å²) >= 11 is 0. The van der Waals surface area contributed by atoms with Gasteiger partial charge in [0.05, 0.1) is 24.4 Å². The van der Waals surface area contributed by atoms with E-state index in [1.807, 2.05) is 0 Å². The summed E-state index contributed by atoms with van der Waals surface area (Å²) in [6.07, 6.45) is 13.1. The highest BCUT2D eigenvalue weighted by atomic mass is 16.7. The highest BCUT2D eigenvalue weighted by Crippen LogP contribution is 2.69. The van der Waals surface area contributed by atoms with Gasteiger partial charge in [0.2, 0.25) is 0 Å². The van der Waals surface area contributed by atoms with E-state index in [0.29, 0.717) is 41.5 Å². The second-order valence-electron chi connectivity index (χ2n) is 13.1. The number of hydrogen-bond acceptors (Lipinski definition) is 4. The number of rotatable bonds is 3. The Hall–Kier alpha value is -0.160. The van der Waals surface area contributed by atoms with Crippen LogP contribution < -0.4 is 0 Å². The van der Waals surface area contributed by atoms with E-state index in [1.165, 1.54) is 51.4 Å². The Kier molecular flexibility index (Phi) is 5.53. The molecular formula is C28H46O4. The maximum absolute atomic E-state index is 11.2. The molecule has 0 spiro atoms. The van der Waals surface area contributed by atoms with Crippen molar-refractivity contribution < 1.29 is 19.3 Å². The lowest BCUT2D eigenvalue weighted by Gasteiger charge is -2.63. The first-order valence-electron chi connectivity index (χ1n) is 13.9. The lowest BCUT2D eigenvalue weighted by Crippen LogP contribution is -2.58. The predicted octanol–water partition coefficient (Wildman–Crippen LogP) is 5.56. The summed E-state index contributed by atoms with van der Waals surface area (Å²) in [5.74, 6) is 4.22. The summed E-state index contributed by atoms with van der Waals surface area (Å²) in [6, 6.07) is 0. The van der Waals surface area contributed by atoms with Crippen LogP contribution in [0.25, 0.3) is 0 Å². The Morgan fingerprint density at radius 1 is 0.938 bits per heavy atom. The van der Waals surface area contributed by atoms with Crippen molar-refractivity contribution in [2.24, 2.45) is 46.3 Å². The van der Waals surface area contributed by atoms with Crippen LogP contribution in [0.15, 0.2) is 0 Å². The van der Waals surface area contributed by atoms with Gasteiger partial charge in [0.1, 0.15) is 0 Å². The van der Waals surface area contributed by atoms with Crippen LogP contribution in [-0.2, 0) is 14.2 Å². The molecule has 1 N–H and O–H groups in total. The highest BCUT2D eigenvalue weighted by molar-refractivity contribution is 5.14. The maximum Gasteiger partial charge on any atom is 0.157 e. The minimum Gasteiger partial charge on any atom is -0.393 e. The molecule has 0 bridgehead atoms. The molecular weight excluding hydrogens is 400 g/mol. The van der Waals surface area contributed by atoms with Gasteiger partial charge in [-0.25, -0.2) is 0 Å². The SMILES string of the molecule is CC1OC1[C@H]1C[C@H](O)[C@@]2(C)CC[C@H]3[C@@H](CC[C@H]4C[C@H](OC5CCCCO5)C[C@H](C)[C@@]43C)[C@H]12. The normalized spacial score (nSPS) is 59.7. The molecule has 182 valence electrons. The Morgan fingerprint density at radius 3 is 2.47 bits per heavy atom. The molecule has 4 aliphatic carbocycles. The Balaban J connectivity index is 1.22. The van der Waals surface area contributed by atoms with Crippen LogP contribution in [0.1, 0.15) is 91.9 Å². The van der Waals surface area contributed by atoms with Gasteiger partial charge in [-0.15, -0.1) is 0 Å². The van der Waals surface area contributed by atoms with E-state index in [4.69, 9.17) is 14.2 Å². The second kappa shape index (κ2) is 7.93. The molecule has 2 aliphatic heterocycles. The van der Waals surface area contributed by atoms with Gasteiger partial charge >= 0.3 is 0 Å². The van der Waals surface area contributed by atoms with Gasteiger partial charge in [-0.1, -0.05) is 20.8 Å². The van der Waals surface area contributed by atoms with Gasteiger partial charge in [-0.3, -0.25) is 0 Å². The number of aliphatic hydroxyl groups is 1. The molecule has 6 rings (SSSR count). The van der Waals surface area contributed by atoms with Crippen LogP contribution in [0.3, 0.4) is 0 Å². The zero-order chi connectivity index (χ0) is 22.3. The zero-order valence-corrected chi connectivity index (χ0v) is 20.8. The van der Waals surface area contributed by atoms with E-state index in [2.05, 4.69) is 27.7 Å². The van der Waals surface area contributed by atoms with E-state index < -0.39 is 0 Å². The topological polar surface area (TPSA) is 51.2 Å². The molecule has 6 aliphatic rings. The first-order chi connectivity index (χ1) is 15.3. The largest absolute Gasteiger partial charge is 0.393 e. The third-order valence-corrected chi connectivity index (χ3v) is 11.9. The predicted molar refractivity (Wildman–Crippen MR) is 124 cm³/mol. The lowest BCUT2D eigenvalue weighted by molar-refractivity contribution is -0.223. The van der Waals surface area contributed by atoms with Gasteiger partial charge in [0, 0.05) is 6.61 Å². The molecule has 32 heavy (non-hydrogen) atoms. The molecule has 0 aromatic heterocycles. The second-order valence-corrected chi connectivity index (χ2v) is 13.1. The average molecular weight is 447 g/mol. The number of epoxide rings is 1. The zero-order valence-electron chi connectivity index (χ0n) is 20.8. The summed E-state index contributed by atoms with van der Waals surface area (Å²) in [5, 5.41) is 11.2. The van der Waals surface area contributed by atoms with Gasteiger partial charge in [0.15, 0.2) is 6.29 Å². The van der Waals surface area contributed by atoms with E-state index in [0.717, 1.165) is 37.2 Å². The fourth-order valence-corrected chi connectivity index (χ4v) is 9.95. The van der Waals surface area contributed by atoms with Crippen LogP contribution in [0.4, 0.5) is 0 Å². The molecule has 0 aromatic rings. The van der Waals surface area contributed by atoms with E-state index in [9.17, 15) is 5.11 Å². The lowest BCUT2D eigenvalue weighted by atomic mass is 9.42. The van der Waals surface area contributed by atoms with Crippen molar-refractivity contribution in [2.75, 3.05) is 6.61 Å². The van der Waals surface area contributed by atoms with Crippen LogP contribution in [0.5, 0.6) is 0 Å². The van der Waals surface area contributed by atoms with Crippen LogP contribution in [-0.4, -0.2) is 42.4 Å². The molecule has 4 nitrogen and oxygen atoms in total. The Morgan fingerprint density at radius 2 is 1.75 bits per heavy atom. The van der Waals surface area contributed by atoms with Crippen molar-refractivity contribution in [3.05, 3.63) is 0 Å². The molecule has 0 aromatic carbocycles. The fraction of sp³-hybridized carbons (Fsp3) is 1.00. The van der Waals surface area contributed by atoms with Crippen molar-refractivity contribution in [1.29, 1.82) is 0 Å². The molecule has 0 amide bonds. The van der Waals surface area contributed by atoms with E-state index in [-0.39, 0.29) is 17.8 Å². The van der Waals surface area contributed by atoms with E-state index in [1.54, 1.807) is 0 Å². The van der Waals surface area contributed by atoms with Gasteiger partial charge in [-0.2, -0.15) is 0 Å². The highest BCUT2D eigenvalue weighted by Gasteiger charge is 2.66. The van der Waals surface area contributed by atoms with Crippen LogP contribution in [0, 0.1) is 46.3 Å². The van der Waals surface area contributed by atoms with Crippen molar-refractivity contribution in [3.63, 3.8) is 0 Å². The molecule has 6 fully saturated rings. The molecule has 4 heteroatoms. The standard InChI is InChI=1S/C28H46O4/c1-16-13-19(32-24-7-5-6-12-30-24)14-18-8-9-20-22(28(16,18)4)10-11-27(3)23(29)15-21(25(20)27)26-17(2)31-26/h16-26,29H,5-15H2,1-4H3/t16-,17?,18-,19+,20+,21-,22-,23-,24?,25+,26?,27+,28-/m0/s1. The summed E-state index contributed by atoms with van der Waals surface area (Å²) in [7, 11) is 0. The quantitative estimate of drug-likeness (QED) is 0.455. The average Bonchev–Trinajstić information content (AvgIpc) is 3.43. The first-order valence-corrected chi connectivity index (χ1v) is 13.9. The Labute approximate surface area is 195 Å². The third kappa shape index (κ3) is 3.29. The van der Waals surface area contributed by atoms with Gasteiger partial charge < -0.3 is 19.3 Å².